The lowest BCUT2D eigenvalue weighted by Crippen LogP contribution is -2.21. The van der Waals surface area contributed by atoms with E-state index in [0.29, 0.717) is 12.1 Å². The number of halogens is 1. The predicted octanol–water partition coefficient (Wildman–Crippen LogP) is 0.255. The van der Waals surface area contributed by atoms with Crippen LogP contribution in [0.1, 0.15) is 18.5 Å². The molecular formula is C8H13ClN2O4S3. The highest BCUT2D eigenvalue weighted by Crippen LogP contribution is 2.35. The first-order valence-electron chi connectivity index (χ1n) is 4.84. The first-order chi connectivity index (χ1) is 7.72. The lowest BCUT2D eigenvalue weighted by Gasteiger charge is -2.08. The van der Waals surface area contributed by atoms with Gasteiger partial charge in [0.15, 0.2) is 9.84 Å². The maximum absolute atomic E-state index is 11.9. The van der Waals surface area contributed by atoms with Crippen molar-refractivity contribution in [1.29, 1.82) is 0 Å². The van der Waals surface area contributed by atoms with E-state index >= 15 is 0 Å². The minimum absolute atomic E-state index is 0. The van der Waals surface area contributed by atoms with Gasteiger partial charge >= 0.3 is 0 Å². The number of hydrogen-bond acceptors (Lipinski definition) is 6. The number of thiophene rings is 1. The Labute approximate surface area is 116 Å². The molecule has 0 saturated heterocycles. The molecule has 2 rings (SSSR count). The highest BCUT2D eigenvalue weighted by molar-refractivity contribution is 7.95. The van der Waals surface area contributed by atoms with Crippen LogP contribution in [0.2, 0.25) is 0 Å². The highest BCUT2D eigenvalue weighted by atomic mass is 35.5. The molecule has 3 N–H and O–H groups in total. The SMILES string of the molecule is CC1NCCS(=O)(=O)c2sc(S(N)(=O)=O)cc21.Cl. The maximum Gasteiger partial charge on any atom is 0.247 e. The molecule has 1 atom stereocenters. The molecule has 0 aliphatic carbocycles. The highest BCUT2D eigenvalue weighted by Gasteiger charge is 2.30. The van der Waals surface area contributed by atoms with Crippen molar-refractivity contribution in [2.75, 3.05) is 12.3 Å². The van der Waals surface area contributed by atoms with Crippen molar-refractivity contribution in [3.8, 4) is 0 Å². The molecule has 104 valence electrons. The quantitative estimate of drug-likeness (QED) is 0.767. The third-order valence-corrected chi connectivity index (χ3v) is 7.47. The number of hydrogen-bond donors (Lipinski definition) is 2. The summed E-state index contributed by atoms with van der Waals surface area (Å²) < 4.78 is 46.3. The van der Waals surface area contributed by atoms with Gasteiger partial charge in [0.2, 0.25) is 10.0 Å². The molecule has 0 saturated carbocycles. The largest absolute Gasteiger partial charge is 0.309 e. The zero-order valence-corrected chi connectivity index (χ0v) is 12.7. The molecule has 1 aromatic rings. The standard InChI is InChI=1S/C8H12N2O4S3.ClH/c1-5-6-4-7(17(9,13)14)15-8(6)16(11,12)3-2-10-5;/h4-5,10H,2-3H2,1H3,(H2,9,13,14);1H. The Kier molecular flexibility index (Phi) is 4.46. The van der Waals surface area contributed by atoms with Gasteiger partial charge < -0.3 is 5.32 Å². The molecule has 1 aromatic heterocycles. The van der Waals surface area contributed by atoms with E-state index in [-0.39, 0.29) is 32.6 Å². The first-order valence-corrected chi connectivity index (χ1v) is 8.86. The second kappa shape index (κ2) is 5.06. The van der Waals surface area contributed by atoms with Crippen LogP contribution in [0.25, 0.3) is 0 Å². The minimum atomic E-state index is -3.86. The number of sulfonamides is 1. The molecule has 2 heterocycles. The van der Waals surface area contributed by atoms with Crippen LogP contribution in [0.5, 0.6) is 0 Å². The summed E-state index contributed by atoms with van der Waals surface area (Å²) in [6.07, 6.45) is 0. The number of nitrogens with two attached hydrogens (primary N) is 1. The Morgan fingerprint density at radius 1 is 1.50 bits per heavy atom. The van der Waals surface area contributed by atoms with E-state index < -0.39 is 19.9 Å². The zero-order chi connectivity index (χ0) is 12.8. The zero-order valence-electron chi connectivity index (χ0n) is 9.41. The van der Waals surface area contributed by atoms with E-state index in [1.54, 1.807) is 6.92 Å². The van der Waals surface area contributed by atoms with Crippen LogP contribution in [-0.2, 0) is 19.9 Å². The summed E-state index contributed by atoms with van der Waals surface area (Å²) in [7, 11) is -7.27. The molecule has 18 heavy (non-hydrogen) atoms. The monoisotopic (exact) mass is 332 g/mol. The Bertz CT molecular complexity index is 650. The number of rotatable bonds is 1. The second-order valence-electron chi connectivity index (χ2n) is 3.85. The molecule has 0 fully saturated rings. The molecule has 0 amide bonds. The Hall–Kier alpha value is -0.190. The summed E-state index contributed by atoms with van der Waals surface area (Å²) in [5, 5.41) is 8.02. The van der Waals surface area contributed by atoms with Gasteiger partial charge in [0.05, 0.1) is 5.75 Å². The van der Waals surface area contributed by atoms with Crippen LogP contribution in [0.4, 0.5) is 0 Å². The fourth-order valence-corrected chi connectivity index (χ4v) is 5.74. The van der Waals surface area contributed by atoms with Gasteiger partial charge in [-0.1, -0.05) is 0 Å². The van der Waals surface area contributed by atoms with Crippen molar-refractivity contribution in [2.24, 2.45) is 5.14 Å². The number of fused-ring (bicyclic) bond motifs is 1. The van der Waals surface area contributed by atoms with Crippen LogP contribution in [0, 0.1) is 0 Å². The van der Waals surface area contributed by atoms with Crippen molar-refractivity contribution in [2.45, 2.75) is 21.4 Å². The number of primary sulfonamides is 1. The minimum Gasteiger partial charge on any atom is -0.309 e. The summed E-state index contributed by atoms with van der Waals surface area (Å²) in [6.45, 7) is 2.15. The van der Waals surface area contributed by atoms with Gasteiger partial charge in [-0.2, -0.15) is 0 Å². The van der Waals surface area contributed by atoms with Crippen LogP contribution >= 0.6 is 23.7 Å². The van der Waals surface area contributed by atoms with E-state index in [2.05, 4.69) is 5.32 Å². The van der Waals surface area contributed by atoms with Crippen LogP contribution in [-0.4, -0.2) is 29.1 Å². The van der Waals surface area contributed by atoms with E-state index in [1.165, 1.54) is 6.07 Å². The maximum atomic E-state index is 11.9. The van der Waals surface area contributed by atoms with Crippen molar-refractivity contribution in [3.05, 3.63) is 11.6 Å². The van der Waals surface area contributed by atoms with Crippen molar-refractivity contribution in [3.63, 3.8) is 0 Å². The van der Waals surface area contributed by atoms with Crippen LogP contribution < -0.4 is 10.5 Å². The van der Waals surface area contributed by atoms with E-state index in [1.807, 2.05) is 0 Å². The molecular weight excluding hydrogens is 320 g/mol. The molecule has 6 nitrogen and oxygen atoms in total. The molecule has 0 spiro atoms. The molecule has 0 aromatic carbocycles. The lowest BCUT2D eigenvalue weighted by atomic mass is 10.2. The van der Waals surface area contributed by atoms with E-state index in [4.69, 9.17) is 5.14 Å². The summed E-state index contributed by atoms with van der Waals surface area (Å²) in [5.74, 6) is -0.0328. The van der Waals surface area contributed by atoms with E-state index in [9.17, 15) is 16.8 Å². The first kappa shape index (κ1) is 15.9. The molecule has 0 bridgehead atoms. The average molecular weight is 333 g/mol. The van der Waals surface area contributed by atoms with Crippen LogP contribution in [0.15, 0.2) is 14.5 Å². The van der Waals surface area contributed by atoms with Crippen molar-refractivity contribution >= 4 is 43.6 Å². The Balaban J connectivity index is 0.00000162. The number of sulfone groups is 1. The smallest absolute Gasteiger partial charge is 0.247 e. The molecule has 1 aliphatic rings. The third-order valence-electron chi connectivity index (χ3n) is 2.55. The fraction of sp³-hybridized carbons (Fsp3) is 0.500. The van der Waals surface area contributed by atoms with Crippen molar-refractivity contribution in [1.82, 2.24) is 5.32 Å². The van der Waals surface area contributed by atoms with Gasteiger partial charge in [-0.25, -0.2) is 22.0 Å². The van der Waals surface area contributed by atoms with Gasteiger partial charge in [0.25, 0.3) is 0 Å². The molecule has 10 heteroatoms. The average Bonchev–Trinajstić information content (AvgIpc) is 2.57. The fourth-order valence-electron chi connectivity index (χ4n) is 1.66. The molecule has 0 radical (unpaired) electrons. The number of nitrogens with one attached hydrogen (secondary N) is 1. The Morgan fingerprint density at radius 2 is 2.11 bits per heavy atom. The lowest BCUT2D eigenvalue weighted by molar-refractivity contribution is 0.589. The van der Waals surface area contributed by atoms with Gasteiger partial charge in [0.1, 0.15) is 8.42 Å². The topological polar surface area (TPSA) is 106 Å². The summed E-state index contributed by atoms with van der Waals surface area (Å²) >= 11 is 0.725. The molecule has 1 unspecified atom stereocenters. The normalized spacial score (nSPS) is 22.7. The Morgan fingerprint density at radius 3 is 2.67 bits per heavy atom. The summed E-state index contributed by atoms with van der Waals surface area (Å²) in [4.78, 5) is 0. The van der Waals surface area contributed by atoms with Crippen molar-refractivity contribution < 1.29 is 16.8 Å². The van der Waals surface area contributed by atoms with Gasteiger partial charge in [-0.05, 0) is 18.6 Å². The van der Waals surface area contributed by atoms with E-state index in [0.717, 1.165) is 11.3 Å². The summed E-state index contributed by atoms with van der Waals surface area (Å²) in [6, 6.07) is 1.14. The van der Waals surface area contributed by atoms with Crippen LogP contribution in [0.3, 0.4) is 0 Å². The van der Waals surface area contributed by atoms with Gasteiger partial charge in [-0.15, -0.1) is 23.7 Å². The predicted molar refractivity (Wildman–Crippen MR) is 71.4 cm³/mol. The molecule has 1 aliphatic heterocycles. The summed E-state index contributed by atoms with van der Waals surface area (Å²) in [5.41, 5.74) is 0.483. The third kappa shape index (κ3) is 2.86. The van der Waals surface area contributed by atoms with Gasteiger partial charge in [0, 0.05) is 12.6 Å². The second-order valence-corrected chi connectivity index (χ2v) is 8.99. The van der Waals surface area contributed by atoms with Gasteiger partial charge in [-0.3, -0.25) is 0 Å².